The van der Waals surface area contributed by atoms with E-state index >= 15 is 0 Å². The molecule has 0 aromatic heterocycles. The van der Waals surface area contributed by atoms with Gasteiger partial charge in [-0.25, -0.2) is 0 Å². The van der Waals surface area contributed by atoms with Crippen LogP contribution in [0.2, 0.25) is 0 Å². The van der Waals surface area contributed by atoms with Crippen molar-refractivity contribution < 1.29 is 9.53 Å². The SMILES string of the molecule is CC1(C)CCCC(NCC(=O)OC(C)(C)C)C1. The van der Waals surface area contributed by atoms with Crippen LogP contribution in [-0.2, 0) is 9.53 Å². The molecule has 0 aromatic carbocycles. The summed E-state index contributed by atoms with van der Waals surface area (Å²) in [7, 11) is 0. The third-order valence-electron chi connectivity index (χ3n) is 3.16. The van der Waals surface area contributed by atoms with Crippen molar-refractivity contribution in [1.29, 1.82) is 0 Å². The summed E-state index contributed by atoms with van der Waals surface area (Å²) < 4.78 is 5.28. The Morgan fingerprint density at radius 3 is 2.59 bits per heavy atom. The molecule has 0 aromatic rings. The van der Waals surface area contributed by atoms with Crippen molar-refractivity contribution in [2.45, 2.75) is 71.9 Å². The van der Waals surface area contributed by atoms with E-state index in [1.807, 2.05) is 20.8 Å². The summed E-state index contributed by atoms with van der Waals surface area (Å²) in [6.07, 6.45) is 4.86. The highest BCUT2D eigenvalue weighted by atomic mass is 16.6. The Hall–Kier alpha value is -0.570. The first-order valence-electron chi connectivity index (χ1n) is 6.63. The van der Waals surface area contributed by atoms with Crippen LogP contribution in [0.4, 0.5) is 0 Å². The molecule has 0 saturated heterocycles. The van der Waals surface area contributed by atoms with Gasteiger partial charge in [-0.15, -0.1) is 0 Å². The Morgan fingerprint density at radius 1 is 1.41 bits per heavy atom. The van der Waals surface area contributed by atoms with Gasteiger partial charge in [0.05, 0.1) is 6.54 Å². The zero-order valence-corrected chi connectivity index (χ0v) is 11.9. The standard InChI is InChI=1S/C14H27NO2/c1-13(2,3)17-12(16)10-15-11-7-6-8-14(4,5)9-11/h11,15H,6-10H2,1-5H3. The van der Waals surface area contributed by atoms with E-state index < -0.39 is 0 Å². The lowest BCUT2D eigenvalue weighted by molar-refractivity contribution is -0.153. The quantitative estimate of drug-likeness (QED) is 0.772. The number of carbonyl (C=O) groups excluding carboxylic acids is 1. The molecule has 1 fully saturated rings. The lowest BCUT2D eigenvalue weighted by Gasteiger charge is -2.35. The summed E-state index contributed by atoms with van der Waals surface area (Å²) in [5.41, 5.74) is 0.0223. The van der Waals surface area contributed by atoms with Crippen LogP contribution in [0, 0.1) is 5.41 Å². The highest BCUT2D eigenvalue weighted by molar-refractivity contribution is 5.72. The van der Waals surface area contributed by atoms with E-state index in [9.17, 15) is 4.79 Å². The molecule has 0 aliphatic heterocycles. The molecule has 17 heavy (non-hydrogen) atoms. The molecule has 1 saturated carbocycles. The van der Waals surface area contributed by atoms with Gasteiger partial charge in [-0.2, -0.15) is 0 Å². The Labute approximate surface area is 105 Å². The van der Waals surface area contributed by atoms with E-state index in [1.54, 1.807) is 0 Å². The van der Waals surface area contributed by atoms with Crippen LogP contribution in [0.5, 0.6) is 0 Å². The lowest BCUT2D eigenvalue weighted by Crippen LogP contribution is -2.41. The molecule has 3 heteroatoms. The van der Waals surface area contributed by atoms with Crippen molar-refractivity contribution in [2.75, 3.05) is 6.54 Å². The molecular formula is C14H27NO2. The van der Waals surface area contributed by atoms with Gasteiger partial charge in [0.1, 0.15) is 5.60 Å². The fourth-order valence-electron chi connectivity index (χ4n) is 2.48. The van der Waals surface area contributed by atoms with Gasteiger partial charge in [0.25, 0.3) is 0 Å². The van der Waals surface area contributed by atoms with Crippen molar-refractivity contribution in [1.82, 2.24) is 5.32 Å². The highest BCUT2D eigenvalue weighted by Crippen LogP contribution is 2.34. The lowest BCUT2D eigenvalue weighted by atomic mass is 9.75. The number of nitrogens with one attached hydrogen (secondary N) is 1. The van der Waals surface area contributed by atoms with Gasteiger partial charge in [-0.05, 0) is 45.4 Å². The van der Waals surface area contributed by atoms with Crippen molar-refractivity contribution in [3.05, 3.63) is 0 Å². The van der Waals surface area contributed by atoms with Gasteiger partial charge in [0.15, 0.2) is 0 Å². The second-order valence-electron chi connectivity index (χ2n) is 6.92. The Bertz CT molecular complexity index is 266. The Morgan fingerprint density at radius 2 is 2.06 bits per heavy atom. The van der Waals surface area contributed by atoms with Crippen LogP contribution < -0.4 is 5.32 Å². The summed E-state index contributed by atoms with van der Waals surface area (Å²) in [6, 6.07) is 0.464. The van der Waals surface area contributed by atoms with Crippen LogP contribution >= 0.6 is 0 Å². The maximum absolute atomic E-state index is 11.6. The van der Waals surface area contributed by atoms with Crippen molar-refractivity contribution in [3.63, 3.8) is 0 Å². The van der Waals surface area contributed by atoms with Crippen LogP contribution in [0.15, 0.2) is 0 Å². The van der Waals surface area contributed by atoms with Crippen molar-refractivity contribution in [2.24, 2.45) is 5.41 Å². The van der Waals surface area contributed by atoms with E-state index in [-0.39, 0.29) is 11.6 Å². The summed E-state index contributed by atoms with van der Waals surface area (Å²) in [6.45, 7) is 10.6. The first kappa shape index (κ1) is 14.5. The predicted molar refractivity (Wildman–Crippen MR) is 69.9 cm³/mol. The van der Waals surface area contributed by atoms with Crippen molar-refractivity contribution in [3.8, 4) is 0 Å². The molecule has 1 N–H and O–H groups in total. The third-order valence-corrected chi connectivity index (χ3v) is 3.16. The molecule has 1 rings (SSSR count). The Kier molecular flexibility index (Phi) is 4.59. The summed E-state index contributed by atoms with van der Waals surface area (Å²) in [4.78, 5) is 11.6. The third kappa shape index (κ3) is 6.06. The molecule has 0 heterocycles. The van der Waals surface area contributed by atoms with E-state index in [0.717, 1.165) is 6.42 Å². The Balaban J connectivity index is 2.29. The summed E-state index contributed by atoms with van der Waals surface area (Å²) in [5, 5.41) is 3.33. The van der Waals surface area contributed by atoms with Crippen LogP contribution in [-0.4, -0.2) is 24.2 Å². The molecule has 0 bridgehead atoms. The topological polar surface area (TPSA) is 38.3 Å². The monoisotopic (exact) mass is 241 g/mol. The molecule has 0 radical (unpaired) electrons. The van der Waals surface area contributed by atoms with E-state index in [2.05, 4.69) is 19.2 Å². The van der Waals surface area contributed by atoms with Crippen LogP contribution in [0.25, 0.3) is 0 Å². The minimum absolute atomic E-state index is 0.152. The highest BCUT2D eigenvalue weighted by Gasteiger charge is 2.28. The fourth-order valence-corrected chi connectivity index (χ4v) is 2.48. The fraction of sp³-hybridized carbons (Fsp3) is 0.929. The number of ether oxygens (including phenoxy) is 1. The largest absolute Gasteiger partial charge is 0.459 e. The molecule has 1 aliphatic carbocycles. The van der Waals surface area contributed by atoms with Gasteiger partial charge in [0.2, 0.25) is 0 Å². The maximum Gasteiger partial charge on any atom is 0.320 e. The molecule has 100 valence electrons. The molecule has 1 unspecified atom stereocenters. The van der Waals surface area contributed by atoms with E-state index in [1.165, 1.54) is 19.3 Å². The zero-order valence-electron chi connectivity index (χ0n) is 11.9. The molecule has 3 nitrogen and oxygen atoms in total. The number of hydrogen-bond donors (Lipinski definition) is 1. The molecule has 0 amide bonds. The van der Waals surface area contributed by atoms with Gasteiger partial charge >= 0.3 is 5.97 Å². The zero-order chi connectivity index (χ0) is 13.1. The summed E-state index contributed by atoms with van der Waals surface area (Å²) in [5.74, 6) is -0.152. The first-order chi connectivity index (χ1) is 7.68. The smallest absolute Gasteiger partial charge is 0.320 e. The first-order valence-corrected chi connectivity index (χ1v) is 6.63. The van der Waals surface area contributed by atoms with Crippen molar-refractivity contribution >= 4 is 5.97 Å². The molecule has 1 atom stereocenters. The van der Waals surface area contributed by atoms with E-state index in [4.69, 9.17) is 4.74 Å². The predicted octanol–water partition coefficient (Wildman–Crippen LogP) is 2.89. The van der Waals surface area contributed by atoms with Crippen LogP contribution in [0.1, 0.15) is 60.3 Å². The average molecular weight is 241 g/mol. The van der Waals surface area contributed by atoms with Gasteiger partial charge in [-0.3, -0.25) is 4.79 Å². The number of hydrogen-bond acceptors (Lipinski definition) is 3. The number of rotatable bonds is 3. The number of esters is 1. The molecule has 0 spiro atoms. The maximum atomic E-state index is 11.6. The van der Waals surface area contributed by atoms with Gasteiger partial charge in [-0.1, -0.05) is 20.3 Å². The average Bonchev–Trinajstić information content (AvgIpc) is 2.10. The minimum atomic E-state index is -0.384. The number of carbonyl (C=O) groups is 1. The van der Waals surface area contributed by atoms with Gasteiger partial charge in [0, 0.05) is 6.04 Å². The normalized spacial score (nSPS) is 24.4. The van der Waals surface area contributed by atoms with Gasteiger partial charge < -0.3 is 10.1 Å². The second-order valence-corrected chi connectivity index (χ2v) is 6.92. The second kappa shape index (κ2) is 5.38. The molecule has 1 aliphatic rings. The van der Waals surface area contributed by atoms with Crippen LogP contribution in [0.3, 0.4) is 0 Å². The minimum Gasteiger partial charge on any atom is -0.459 e. The van der Waals surface area contributed by atoms with E-state index in [0.29, 0.717) is 18.0 Å². The summed E-state index contributed by atoms with van der Waals surface area (Å²) >= 11 is 0. The molecular weight excluding hydrogens is 214 g/mol.